The number of halogens is 3. The monoisotopic (exact) mass is 454 g/mol. The number of rotatable bonds is 5. The highest BCUT2D eigenvalue weighted by molar-refractivity contribution is 6.00. The number of fused-ring (bicyclic) bond motifs is 4. The van der Waals surface area contributed by atoms with E-state index in [1.807, 2.05) is 24.1 Å². The van der Waals surface area contributed by atoms with Crippen LogP contribution >= 0.6 is 0 Å². The van der Waals surface area contributed by atoms with Crippen molar-refractivity contribution in [1.29, 1.82) is 0 Å². The number of pyridine rings is 1. The number of hydrogen-bond acceptors (Lipinski definition) is 6. The summed E-state index contributed by atoms with van der Waals surface area (Å²) in [5.41, 5.74) is 11.9. The highest BCUT2D eigenvalue weighted by Crippen LogP contribution is 2.39. The molecule has 1 fully saturated rings. The third-order valence-electron chi connectivity index (χ3n) is 5.07. The molecule has 0 aromatic carbocycles. The molecule has 2 atom stereocenters. The molecule has 3 rings (SSSR count). The van der Waals surface area contributed by atoms with Gasteiger partial charge in [-0.05, 0) is 43.8 Å². The molecule has 11 heteroatoms. The molecule has 32 heavy (non-hydrogen) atoms. The van der Waals surface area contributed by atoms with Crippen LogP contribution in [0.5, 0.6) is 0 Å². The normalized spacial score (nSPS) is 18.7. The van der Waals surface area contributed by atoms with Crippen molar-refractivity contribution in [3.63, 3.8) is 0 Å². The molecule has 176 valence electrons. The van der Waals surface area contributed by atoms with E-state index in [1.165, 1.54) is 29.3 Å². The topological polar surface area (TPSA) is 118 Å². The molecule has 2 aliphatic rings. The van der Waals surface area contributed by atoms with E-state index in [1.54, 1.807) is 6.07 Å². The number of anilines is 2. The molecule has 0 aliphatic carbocycles. The van der Waals surface area contributed by atoms with Gasteiger partial charge in [-0.3, -0.25) is 14.5 Å². The molecule has 0 saturated carbocycles. The smallest absolute Gasteiger partial charge is 0.405 e. The fourth-order valence-electron chi connectivity index (χ4n) is 3.51. The van der Waals surface area contributed by atoms with Gasteiger partial charge in [0.25, 0.3) is 5.91 Å². The van der Waals surface area contributed by atoms with E-state index >= 15 is 0 Å². The van der Waals surface area contributed by atoms with Crippen molar-refractivity contribution in [2.24, 2.45) is 11.5 Å². The van der Waals surface area contributed by atoms with Gasteiger partial charge in [-0.15, -0.1) is 0 Å². The lowest BCUT2D eigenvalue weighted by Gasteiger charge is -2.36. The summed E-state index contributed by atoms with van der Waals surface area (Å²) in [5, 5.41) is 1.89. The first-order valence-corrected chi connectivity index (χ1v) is 10.4. The maximum absolute atomic E-state index is 13.0. The first kappa shape index (κ1) is 25.0. The van der Waals surface area contributed by atoms with Gasteiger partial charge in [-0.1, -0.05) is 13.8 Å². The lowest BCUT2D eigenvalue weighted by molar-refractivity contribution is -0.149. The summed E-state index contributed by atoms with van der Waals surface area (Å²) in [6, 6.07) is 0.788. The zero-order valence-corrected chi connectivity index (χ0v) is 18.3. The van der Waals surface area contributed by atoms with Crippen LogP contribution in [0.15, 0.2) is 36.2 Å². The van der Waals surface area contributed by atoms with E-state index in [4.69, 9.17) is 11.5 Å². The average molecular weight is 454 g/mol. The zero-order valence-electron chi connectivity index (χ0n) is 18.3. The molecule has 8 nitrogen and oxygen atoms in total. The Morgan fingerprint density at radius 1 is 1.34 bits per heavy atom. The van der Waals surface area contributed by atoms with E-state index in [0.717, 1.165) is 6.92 Å². The van der Waals surface area contributed by atoms with Crippen LogP contribution in [0.2, 0.25) is 0 Å². The van der Waals surface area contributed by atoms with Crippen LogP contribution in [0.4, 0.5) is 24.7 Å². The van der Waals surface area contributed by atoms with Crippen molar-refractivity contribution in [2.45, 2.75) is 51.9 Å². The maximum Gasteiger partial charge on any atom is 0.408 e. The second-order valence-electron chi connectivity index (χ2n) is 7.23. The maximum atomic E-state index is 13.0. The van der Waals surface area contributed by atoms with Crippen molar-refractivity contribution in [2.75, 3.05) is 22.9 Å². The van der Waals surface area contributed by atoms with Gasteiger partial charge in [0.05, 0.1) is 18.2 Å². The summed E-state index contributed by atoms with van der Waals surface area (Å²) in [4.78, 5) is 33.0. The highest BCUT2D eigenvalue weighted by Gasteiger charge is 2.41. The van der Waals surface area contributed by atoms with Crippen molar-refractivity contribution in [1.82, 2.24) is 10.3 Å². The number of carbonyl (C=O) groups is 2. The molecular formula is C21H29F3N6O2. The first-order chi connectivity index (χ1) is 15.1. The summed E-state index contributed by atoms with van der Waals surface area (Å²) in [6.45, 7) is 6.17. The lowest BCUT2D eigenvalue weighted by Crippen LogP contribution is -2.47. The summed E-state index contributed by atoms with van der Waals surface area (Å²) in [7, 11) is 0. The molecule has 1 aromatic rings. The molecule has 1 aromatic heterocycles. The van der Waals surface area contributed by atoms with Crippen LogP contribution in [0.1, 0.15) is 44.1 Å². The highest BCUT2D eigenvalue weighted by atomic mass is 19.4. The molecule has 2 bridgehead atoms. The third-order valence-corrected chi connectivity index (χ3v) is 5.07. The van der Waals surface area contributed by atoms with Gasteiger partial charge in [0, 0.05) is 18.8 Å². The minimum absolute atomic E-state index is 0.0799. The fraction of sp³-hybridized carbons (Fsp3) is 0.476. The summed E-state index contributed by atoms with van der Waals surface area (Å²) < 4.78 is 38.3. The van der Waals surface area contributed by atoms with Crippen LogP contribution in [-0.2, 0) is 4.79 Å². The second kappa shape index (κ2) is 10.4. The number of alkyl halides is 3. The van der Waals surface area contributed by atoms with Gasteiger partial charge >= 0.3 is 6.18 Å². The fourth-order valence-corrected chi connectivity index (χ4v) is 3.51. The van der Waals surface area contributed by atoms with Crippen LogP contribution in [0.25, 0.3) is 0 Å². The van der Waals surface area contributed by atoms with Crippen molar-refractivity contribution in [3.8, 4) is 0 Å². The Labute approximate surface area is 185 Å². The van der Waals surface area contributed by atoms with Crippen molar-refractivity contribution >= 4 is 23.3 Å². The number of nitrogens with one attached hydrogen (secondary N) is 1. The van der Waals surface area contributed by atoms with Crippen LogP contribution in [0.3, 0.4) is 0 Å². The minimum atomic E-state index is -4.57. The zero-order chi connectivity index (χ0) is 24.1. The van der Waals surface area contributed by atoms with Gasteiger partial charge in [0.1, 0.15) is 11.7 Å². The van der Waals surface area contributed by atoms with E-state index in [9.17, 15) is 22.8 Å². The van der Waals surface area contributed by atoms with E-state index in [-0.39, 0.29) is 29.9 Å². The molecule has 5 N–H and O–H groups in total. The van der Waals surface area contributed by atoms with Crippen LogP contribution in [0, 0.1) is 0 Å². The Bertz CT molecular complexity index is 900. The number of hydrogen-bond donors (Lipinski definition) is 3. The first-order valence-electron chi connectivity index (χ1n) is 10.4. The Balaban J connectivity index is 0.00000176. The molecule has 2 unspecified atom stereocenters. The minimum Gasteiger partial charge on any atom is -0.405 e. The lowest BCUT2D eigenvalue weighted by atomic mass is 10.1. The summed E-state index contributed by atoms with van der Waals surface area (Å²) in [5.74, 6) is -1.02. The summed E-state index contributed by atoms with van der Waals surface area (Å²) >= 11 is 0. The Kier molecular flexibility index (Phi) is 8.12. The van der Waals surface area contributed by atoms with Gasteiger partial charge in [-0.2, -0.15) is 13.2 Å². The number of aromatic nitrogens is 1. The average Bonchev–Trinajstić information content (AvgIpc) is 3.16. The molecule has 0 spiro atoms. The Hall–Kier alpha value is -3.24. The van der Waals surface area contributed by atoms with Crippen LogP contribution < -0.4 is 26.6 Å². The standard InChI is InChI=1S/C19H23F3N6O2.C2H6/c1-11(19(20,21)22)25-18(30)14-4-5-15-17(26-14)28(13-6-8-27(15)10-13)16(29)9-12(24)3-2-7-23;1-2/h2-5,7,11,13H,6,8-10,23-24H2,1H3,(H,25,30);1-2H3/b7-2-,12-3-;. The van der Waals surface area contributed by atoms with E-state index in [2.05, 4.69) is 4.98 Å². The van der Waals surface area contributed by atoms with Gasteiger partial charge < -0.3 is 21.7 Å². The van der Waals surface area contributed by atoms with Crippen molar-refractivity contribution < 1.29 is 22.8 Å². The molecule has 2 amide bonds. The van der Waals surface area contributed by atoms with Gasteiger partial charge in [0.2, 0.25) is 5.91 Å². The second-order valence-corrected chi connectivity index (χ2v) is 7.23. The molecular weight excluding hydrogens is 425 g/mol. The summed E-state index contributed by atoms with van der Waals surface area (Å²) in [6.07, 6.45) is 0.367. The quantitative estimate of drug-likeness (QED) is 0.588. The van der Waals surface area contributed by atoms with Crippen molar-refractivity contribution in [3.05, 3.63) is 41.9 Å². The molecule has 1 saturated heterocycles. The predicted octanol–water partition coefficient (Wildman–Crippen LogP) is 2.42. The van der Waals surface area contributed by atoms with Gasteiger partial charge in [-0.25, -0.2) is 4.98 Å². The molecule has 3 heterocycles. The number of carbonyl (C=O) groups excluding carboxylic acids is 2. The predicted molar refractivity (Wildman–Crippen MR) is 117 cm³/mol. The van der Waals surface area contributed by atoms with Crippen LogP contribution in [-0.4, -0.2) is 48.1 Å². The number of nitrogens with zero attached hydrogens (tertiary/aromatic N) is 3. The number of nitrogens with two attached hydrogens (primary N) is 2. The van der Waals surface area contributed by atoms with Gasteiger partial charge in [0.15, 0.2) is 5.82 Å². The van der Waals surface area contributed by atoms with E-state index in [0.29, 0.717) is 30.9 Å². The Morgan fingerprint density at radius 2 is 2.03 bits per heavy atom. The number of amides is 2. The Morgan fingerprint density at radius 3 is 2.66 bits per heavy atom. The largest absolute Gasteiger partial charge is 0.408 e. The molecule has 0 radical (unpaired) electrons. The number of allylic oxidation sites excluding steroid dienone is 2. The molecule has 2 aliphatic heterocycles. The SMILES string of the molecule is CC.CC(NC(=O)c1ccc2c(n1)N(C(=O)C/C(N)=C/C=C\N)C1CCN2C1)C(F)(F)F. The van der Waals surface area contributed by atoms with E-state index < -0.39 is 18.1 Å². The third kappa shape index (κ3) is 5.51.